The molecule has 0 saturated heterocycles. The van der Waals surface area contributed by atoms with Crippen LogP contribution in [0, 0.1) is 11.2 Å². The lowest BCUT2D eigenvalue weighted by Gasteiger charge is -2.02. The zero-order valence-electron chi connectivity index (χ0n) is 9.29. The molecule has 2 N–H and O–H groups in total. The van der Waals surface area contributed by atoms with Crippen molar-refractivity contribution in [1.29, 1.82) is 5.41 Å². The van der Waals surface area contributed by atoms with Crippen LogP contribution in [0.4, 0.5) is 13.2 Å². The van der Waals surface area contributed by atoms with Gasteiger partial charge in [-0.1, -0.05) is 6.07 Å². The zero-order valence-corrected chi connectivity index (χ0v) is 9.29. The molecule has 0 amide bonds. The largest absolute Gasteiger partial charge is 0.385 e. The number of nitrogens with one attached hydrogen (secondary N) is 2. The molecule has 3 nitrogen and oxygen atoms in total. The molecule has 0 atom stereocenters. The van der Waals surface area contributed by atoms with E-state index in [0.29, 0.717) is 6.29 Å². The minimum Gasteiger partial charge on any atom is -0.385 e. The molecular formula is C12H11F3N2O. The number of halogens is 3. The highest BCUT2D eigenvalue weighted by Gasteiger charge is 2.04. The van der Waals surface area contributed by atoms with E-state index in [9.17, 15) is 18.0 Å². The first-order valence-electron chi connectivity index (χ1n) is 5.06. The van der Waals surface area contributed by atoms with Crippen molar-refractivity contribution in [3.8, 4) is 0 Å². The maximum absolute atomic E-state index is 13.2. The number of carbonyl (C=O) groups is 1. The van der Waals surface area contributed by atoms with Crippen LogP contribution in [0.5, 0.6) is 0 Å². The van der Waals surface area contributed by atoms with Crippen LogP contribution in [0.15, 0.2) is 30.5 Å². The molecule has 0 heterocycles. The van der Waals surface area contributed by atoms with E-state index in [2.05, 4.69) is 5.32 Å². The average Bonchev–Trinajstić information content (AvgIpc) is 2.34. The Labute approximate surface area is 102 Å². The molecule has 0 aliphatic heterocycles. The van der Waals surface area contributed by atoms with Gasteiger partial charge in [0, 0.05) is 5.56 Å². The molecule has 1 aromatic rings. The summed E-state index contributed by atoms with van der Waals surface area (Å²) in [5.41, 5.74) is 0.118. The van der Waals surface area contributed by atoms with E-state index >= 15 is 0 Å². The van der Waals surface area contributed by atoms with Crippen molar-refractivity contribution in [2.45, 2.75) is 6.43 Å². The van der Waals surface area contributed by atoms with E-state index in [1.807, 2.05) is 0 Å². The Morgan fingerprint density at radius 3 is 2.72 bits per heavy atom. The number of carbonyl (C=O) groups excluding carboxylic acids is 1. The molecule has 0 saturated carbocycles. The molecule has 0 unspecified atom stereocenters. The summed E-state index contributed by atoms with van der Waals surface area (Å²) in [6.07, 6.45) is 0.328. The maximum atomic E-state index is 13.2. The van der Waals surface area contributed by atoms with Crippen LogP contribution in [0.3, 0.4) is 0 Å². The van der Waals surface area contributed by atoms with Crippen molar-refractivity contribution >= 4 is 12.0 Å². The topological polar surface area (TPSA) is 53.0 Å². The minimum atomic E-state index is -2.48. The highest BCUT2D eigenvalue weighted by Crippen LogP contribution is 2.09. The first-order chi connectivity index (χ1) is 8.54. The van der Waals surface area contributed by atoms with Crippen LogP contribution in [0.1, 0.15) is 15.9 Å². The lowest BCUT2D eigenvalue weighted by atomic mass is 10.1. The van der Waals surface area contributed by atoms with Crippen LogP contribution in [-0.2, 0) is 0 Å². The molecular weight excluding hydrogens is 245 g/mol. The van der Waals surface area contributed by atoms with Gasteiger partial charge >= 0.3 is 0 Å². The van der Waals surface area contributed by atoms with Crippen molar-refractivity contribution < 1.29 is 18.0 Å². The molecule has 0 aliphatic rings. The van der Waals surface area contributed by atoms with Crippen LogP contribution < -0.4 is 5.32 Å². The number of aldehydes is 1. The number of hydrogen-bond donors (Lipinski definition) is 2. The Balaban J connectivity index is 2.67. The first-order valence-corrected chi connectivity index (χ1v) is 5.06. The lowest BCUT2D eigenvalue weighted by molar-refractivity contribution is 0.111. The van der Waals surface area contributed by atoms with Crippen molar-refractivity contribution in [3.05, 3.63) is 47.4 Å². The Morgan fingerprint density at radius 1 is 1.44 bits per heavy atom. The molecule has 18 heavy (non-hydrogen) atoms. The Hall–Kier alpha value is -2.11. The second-order valence-corrected chi connectivity index (χ2v) is 3.40. The summed E-state index contributed by atoms with van der Waals surface area (Å²) in [5.74, 6) is -0.721. The Morgan fingerprint density at radius 2 is 2.17 bits per heavy atom. The molecule has 0 spiro atoms. The van der Waals surface area contributed by atoms with Crippen LogP contribution in [0.2, 0.25) is 0 Å². The number of hydrogen-bond acceptors (Lipinski definition) is 3. The lowest BCUT2D eigenvalue weighted by Crippen LogP contribution is -2.15. The Kier molecular flexibility index (Phi) is 5.10. The van der Waals surface area contributed by atoms with Crippen LogP contribution in [0.25, 0.3) is 0 Å². The molecule has 1 rings (SSSR count). The van der Waals surface area contributed by atoms with E-state index in [1.165, 1.54) is 24.4 Å². The quantitative estimate of drug-likeness (QED) is 0.606. The van der Waals surface area contributed by atoms with Crippen molar-refractivity contribution in [1.82, 2.24) is 5.32 Å². The summed E-state index contributed by atoms with van der Waals surface area (Å²) in [7, 11) is 0. The molecule has 1 aromatic carbocycles. The average molecular weight is 256 g/mol. The van der Waals surface area contributed by atoms with Crippen molar-refractivity contribution in [2.75, 3.05) is 6.54 Å². The molecule has 0 bridgehead atoms. The van der Waals surface area contributed by atoms with Gasteiger partial charge in [0.2, 0.25) is 0 Å². The maximum Gasteiger partial charge on any atom is 0.255 e. The summed E-state index contributed by atoms with van der Waals surface area (Å²) in [6, 6.07) is 3.71. The first kappa shape index (κ1) is 14.0. The standard InChI is InChI=1S/C12H11F3N2O/c13-10-5-8(1-2-9(10)7-18)11(16)3-4-17-6-12(14)15/h1-5,7,12,16-17H,6H2/b4-3-,16-11?. The van der Waals surface area contributed by atoms with E-state index in [0.717, 1.165) is 6.07 Å². The number of rotatable bonds is 6. The molecule has 6 heteroatoms. The highest BCUT2D eigenvalue weighted by atomic mass is 19.3. The van der Waals surface area contributed by atoms with Gasteiger partial charge in [-0.2, -0.15) is 0 Å². The predicted octanol–water partition coefficient (Wildman–Crippen LogP) is 2.37. The second-order valence-electron chi connectivity index (χ2n) is 3.40. The summed E-state index contributed by atoms with van der Waals surface area (Å²) >= 11 is 0. The fourth-order valence-corrected chi connectivity index (χ4v) is 1.19. The SMILES string of the molecule is N=C(/C=C\NCC(F)F)c1ccc(C=O)c(F)c1. The van der Waals surface area contributed by atoms with Gasteiger partial charge in [-0.3, -0.25) is 4.79 Å². The normalized spacial score (nSPS) is 10.9. The summed E-state index contributed by atoms with van der Waals surface area (Å²) in [6.45, 7) is -0.512. The van der Waals surface area contributed by atoms with Gasteiger partial charge in [-0.25, -0.2) is 13.2 Å². The van der Waals surface area contributed by atoms with Gasteiger partial charge < -0.3 is 10.7 Å². The number of allylic oxidation sites excluding steroid dienone is 1. The third-order valence-electron chi connectivity index (χ3n) is 2.08. The van der Waals surface area contributed by atoms with Gasteiger partial charge in [0.25, 0.3) is 6.43 Å². The fourth-order valence-electron chi connectivity index (χ4n) is 1.19. The summed E-state index contributed by atoms with van der Waals surface area (Å²) < 4.78 is 36.8. The zero-order chi connectivity index (χ0) is 13.5. The van der Waals surface area contributed by atoms with Crippen LogP contribution in [-0.4, -0.2) is 25.0 Å². The molecule has 0 aliphatic carbocycles. The second kappa shape index (κ2) is 6.58. The highest BCUT2D eigenvalue weighted by molar-refractivity contribution is 6.06. The monoisotopic (exact) mass is 256 g/mol. The Bertz CT molecular complexity index is 472. The van der Waals surface area contributed by atoms with E-state index < -0.39 is 18.8 Å². The van der Waals surface area contributed by atoms with Gasteiger partial charge in [-0.15, -0.1) is 0 Å². The van der Waals surface area contributed by atoms with Crippen molar-refractivity contribution in [2.24, 2.45) is 0 Å². The minimum absolute atomic E-state index is 0.0480. The molecule has 0 fully saturated rings. The number of benzene rings is 1. The molecule has 0 radical (unpaired) electrons. The molecule has 0 aromatic heterocycles. The summed E-state index contributed by atoms with van der Waals surface area (Å²) in [4.78, 5) is 10.4. The van der Waals surface area contributed by atoms with E-state index in [-0.39, 0.29) is 16.8 Å². The van der Waals surface area contributed by atoms with Gasteiger partial charge in [0.1, 0.15) is 5.82 Å². The van der Waals surface area contributed by atoms with Crippen molar-refractivity contribution in [3.63, 3.8) is 0 Å². The number of alkyl halides is 2. The van der Waals surface area contributed by atoms with Crippen LogP contribution >= 0.6 is 0 Å². The predicted molar refractivity (Wildman–Crippen MR) is 61.8 cm³/mol. The third kappa shape index (κ3) is 4.04. The smallest absolute Gasteiger partial charge is 0.255 e. The van der Waals surface area contributed by atoms with Gasteiger partial charge in [-0.05, 0) is 24.4 Å². The van der Waals surface area contributed by atoms with E-state index in [1.54, 1.807) is 0 Å². The van der Waals surface area contributed by atoms with Gasteiger partial charge in [0.05, 0.1) is 17.8 Å². The van der Waals surface area contributed by atoms with E-state index in [4.69, 9.17) is 5.41 Å². The molecule has 96 valence electrons. The fraction of sp³-hybridized carbons (Fsp3) is 0.167. The van der Waals surface area contributed by atoms with Gasteiger partial charge in [0.15, 0.2) is 6.29 Å². The summed E-state index contributed by atoms with van der Waals surface area (Å²) in [5, 5.41) is 9.87. The third-order valence-corrected chi connectivity index (χ3v) is 2.08.